The maximum Gasteiger partial charge on any atom is 0.287 e. The predicted molar refractivity (Wildman–Crippen MR) is 121 cm³/mol. The lowest BCUT2D eigenvalue weighted by atomic mass is 10.2. The smallest absolute Gasteiger partial charge is 0.287 e. The van der Waals surface area contributed by atoms with E-state index in [9.17, 15) is 9.59 Å². The number of para-hydroxylation sites is 1. The number of nitrogens with zero attached hydrogens (tertiary/aromatic N) is 1. The molecular formula is C25H24N2O5. The van der Waals surface area contributed by atoms with Crippen LogP contribution in [0.4, 0.5) is 0 Å². The average Bonchev–Trinajstić information content (AvgIpc) is 3.26. The molecule has 32 heavy (non-hydrogen) atoms. The van der Waals surface area contributed by atoms with Crippen molar-refractivity contribution >= 4 is 16.9 Å². The molecule has 0 unspecified atom stereocenters. The second kappa shape index (κ2) is 9.43. The molecule has 0 aliphatic heterocycles. The van der Waals surface area contributed by atoms with Crippen molar-refractivity contribution in [3.63, 3.8) is 0 Å². The molecule has 4 aromatic rings. The molecule has 0 spiro atoms. The van der Waals surface area contributed by atoms with Crippen LogP contribution in [-0.4, -0.2) is 24.1 Å². The number of nitrogens with one attached hydrogen (secondary N) is 1. The molecule has 0 radical (unpaired) electrons. The largest absolute Gasteiger partial charge is 0.493 e. The Balaban J connectivity index is 1.40. The molecule has 164 valence electrons. The summed E-state index contributed by atoms with van der Waals surface area (Å²) in [5.74, 6) is 0.788. The van der Waals surface area contributed by atoms with Crippen LogP contribution in [0, 0.1) is 6.92 Å². The summed E-state index contributed by atoms with van der Waals surface area (Å²) in [5, 5.41) is 3.65. The number of aromatic nitrogens is 1. The average molecular weight is 432 g/mol. The molecule has 2 heterocycles. The van der Waals surface area contributed by atoms with Gasteiger partial charge in [0.2, 0.25) is 5.43 Å². The van der Waals surface area contributed by atoms with E-state index in [-0.39, 0.29) is 17.1 Å². The highest BCUT2D eigenvalue weighted by molar-refractivity contribution is 5.97. The van der Waals surface area contributed by atoms with Gasteiger partial charge in [-0.05, 0) is 24.6 Å². The lowest BCUT2D eigenvalue weighted by molar-refractivity contribution is 0.0926. The van der Waals surface area contributed by atoms with Crippen LogP contribution in [0.3, 0.4) is 0 Å². The number of hydrogen-bond acceptors (Lipinski definition) is 5. The first-order valence-corrected chi connectivity index (χ1v) is 10.3. The van der Waals surface area contributed by atoms with Gasteiger partial charge in [0.25, 0.3) is 5.91 Å². The maximum atomic E-state index is 12.5. The van der Waals surface area contributed by atoms with Crippen LogP contribution in [0.2, 0.25) is 0 Å². The SMILES string of the molecule is COc1cccc2cc(C(=O)NCCn3ccc(=O)c(OCc4ccccc4)c3C)oc12. The maximum absolute atomic E-state index is 12.5. The standard InChI is InChI=1S/C25H24N2O5/c1-17-23(31-16-18-7-4-3-5-8-18)20(28)11-13-27(17)14-12-26-25(29)22-15-19-9-6-10-21(30-2)24(19)32-22/h3-11,13,15H,12,14,16H2,1-2H3,(H,26,29). The van der Waals surface area contributed by atoms with Gasteiger partial charge in [0.1, 0.15) is 6.61 Å². The molecule has 4 rings (SSSR count). The van der Waals surface area contributed by atoms with Crippen LogP contribution in [-0.2, 0) is 13.2 Å². The normalized spacial score (nSPS) is 10.8. The fourth-order valence-corrected chi connectivity index (χ4v) is 3.49. The third-order valence-electron chi connectivity index (χ3n) is 5.21. The fourth-order valence-electron chi connectivity index (χ4n) is 3.49. The highest BCUT2D eigenvalue weighted by Crippen LogP contribution is 2.28. The number of ether oxygens (including phenoxy) is 2. The van der Waals surface area contributed by atoms with Crippen molar-refractivity contribution in [2.24, 2.45) is 0 Å². The summed E-state index contributed by atoms with van der Waals surface area (Å²) >= 11 is 0. The van der Waals surface area contributed by atoms with Crippen LogP contribution < -0.4 is 20.2 Å². The van der Waals surface area contributed by atoms with Gasteiger partial charge in [0.15, 0.2) is 22.8 Å². The van der Waals surface area contributed by atoms with Crippen LogP contribution in [0.25, 0.3) is 11.0 Å². The zero-order chi connectivity index (χ0) is 22.5. The number of pyridine rings is 1. The number of hydrogen-bond donors (Lipinski definition) is 1. The molecule has 0 aliphatic carbocycles. The van der Waals surface area contributed by atoms with Crippen molar-refractivity contribution in [2.45, 2.75) is 20.1 Å². The summed E-state index contributed by atoms with van der Waals surface area (Å²) < 4.78 is 18.6. The Labute approximate surface area is 185 Å². The summed E-state index contributed by atoms with van der Waals surface area (Å²) in [6.07, 6.45) is 1.70. The summed E-state index contributed by atoms with van der Waals surface area (Å²) in [6.45, 7) is 2.97. The zero-order valence-corrected chi connectivity index (χ0v) is 18.0. The van der Waals surface area contributed by atoms with E-state index in [0.717, 1.165) is 10.9 Å². The summed E-state index contributed by atoms with van der Waals surface area (Å²) in [6, 6.07) is 18.3. The monoisotopic (exact) mass is 432 g/mol. The van der Waals surface area contributed by atoms with Gasteiger partial charge in [0, 0.05) is 30.7 Å². The van der Waals surface area contributed by atoms with Crippen molar-refractivity contribution < 1.29 is 18.7 Å². The van der Waals surface area contributed by atoms with Gasteiger partial charge in [-0.25, -0.2) is 0 Å². The molecule has 2 aromatic carbocycles. The quantitative estimate of drug-likeness (QED) is 0.456. The molecule has 7 nitrogen and oxygen atoms in total. The number of amides is 1. The first-order chi connectivity index (χ1) is 15.6. The Bertz CT molecular complexity index is 1290. The van der Waals surface area contributed by atoms with Gasteiger partial charge in [-0.2, -0.15) is 0 Å². The number of benzene rings is 2. The van der Waals surface area contributed by atoms with E-state index in [0.29, 0.717) is 42.5 Å². The van der Waals surface area contributed by atoms with E-state index >= 15 is 0 Å². The molecule has 1 amide bonds. The van der Waals surface area contributed by atoms with E-state index < -0.39 is 0 Å². The van der Waals surface area contributed by atoms with Crippen LogP contribution >= 0.6 is 0 Å². The first kappa shape index (κ1) is 21.2. The molecule has 0 atom stereocenters. The van der Waals surface area contributed by atoms with Crippen LogP contribution in [0.1, 0.15) is 21.8 Å². The van der Waals surface area contributed by atoms with E-state index in [2.05, 4.69) is 5.32 Å². The summed E-state index contributed by atoms with van der Waals surface area (Å²) in [7, 11) is 1.56. The minimum Gasteiger partial charge on any atom is -0.493 e. The number of rotatable bonds is 8. The highest BCUT2D eigenvalue weighted by atomic mass is 16.5. The Morgan fingerprint density at radius 2 is 1.91 bits per heavy atom. The van der Waals surface area contributed by atoms with E-state index in [4.69, 9.17) is 13.9 Å². The summed E-state index contributed by atoms with van der Waals surface area (Å²) in [4.78, 5) is 24.8. The van der Waals surface area contributed by atoms with Crippen LogP contribution in [0.5, 0.6) is 11.5 Å². The molecule has 7 heteroatoms. The van der Waals surface area contributed by atoms with Gasteiger partial charge in [-0.15, -0.1) is 0 Å². The number of fused-ring (bicyclic) bond motifs is 1. The lowest BCUT2D eigenvalue weighted by Gasteiger charge is -2.15. The van der Waals surface area contributed by atoms with Crippen LogP contribution in [0.15, 0.2) is 76.1 Å². The Morgan fingerprint density at radius 1 is 1.09 bits per heavy atom. The van der Waals surface area contributed by atoms with Crippen molar-refractivity contribution in [2.75, 3.05) is 13.7 Å². The minimum absolute atomic E-state index is 0.171. The van der Waals surface area contributed by atoms with Gasteiger partial charge in [0.05, 0.1) is 12.8 Å². The Kier molecular flexibility index (Phi) is 6.26. The number of carbonyl (C=O) groups is 1. The lowest BCUT2D eigenvalue weighted by Crippen LogP contribution is -2.28. The van der Waals surface area contributed by atoms with Crippen molar-refractivity contribution in [1.82, 2.24) is 9.88 Å². The molecule has 1 N–H and O–H groups in total. The zero-order valence-electron chi connectivity index (χ0n) is 18.0. The predicted octanol–water partition coefficient (Wildman–Crippen LogP) is 3.92. The Hall–Kier alpha value is -4.00. The van der Waals surface area contributed by atoms with E-state index in [1.54, 1.807) is 25.4 Å². The highest BCUT2D eigenvalue weighted by Gasteiger charge is 2.15. The number of methoxy groups -OCH3 is 1. The molecule has 0 fully saturated rings. The number of carbonyl (C=O) groups excluding carboxylic acids is 1. The molecule has 0 bridgehead atoms. The minimum atomic E-state index is -0.317. The van der Waals surface area contributed by atoms with E-state index in [1.165, 1.54) is 6.07 Å². The van der Waals surface area contributed by atoms with Gasteiger partial charge >= 0.3 is 0 Å². The van der Waals surface area contributed by atoms with Gasteiger partial charge in [-0.1, -0.05) is 42.5 Å². The fraction of sp³-hybridized carbons (Fsp3) is 0.200. The van der Waals surface area contributed by atoms with Crippen molar-refractivity contribution in [3.8, 4) is 11.5 Å². The molecule has 0 saturated carbocycles. The second-order valence-electron chi connectivity index (χ2n) is 7.31. The molecule has 0 saturated heterocycles. The van der Waals surface area contributed by atoms with Gasteiger partial charge < -0.3 is 23.8 Å². The third-order valence-corrected chi connectivity index (χ3v) is 5.21. The van der Waals surface area contributed by atoms with Crippen molar-refractivity contribution in [1.29, 1.82) is 0 Å². The second-order valence-corrected chi connectivity index (χ2v) is 7.31. The Morgan fingerprint density at radius 3 is 2.69 bits per heavy atom. The van der Waals surface area contributed by atoms with E-state index in [1.807, 2.05) is 54.0 Å². The topological polar surface area (TPSA) is 82.7 Å². The molecular weight excluding hydrogens is 408 g/mol. The molecule has 0 aliphatic rings. The first-order valence-electron chi connectivity index (χ1n) is 10.3. The van der Waals surface area contributed by atoms with Gasteiger partial charge in [-0.3, -0.25) is 9.59 Å². The third kappa shape index (κ3) is 4.51. The molecule has 2 aromatic heterocycles. The van der Waals surface area contributed by atoms with Crippen molar-refractivity contribution in [3.05, 3.63) is 94.1 Å². The summed E-state index contributed by atoms with van der Waals surface area (Å²) in [5.41, 5.74) is 2.05. The number of furan rings is 1.